The molecule has 0 spiro atoms. The van der Waals surface area contributed by atoms with Crippen LogP contribution in [0.3, 0.4) is 0 Å². The van der Waals surface area contributed by atoms with Gasteiger partial charge in [0.1, 0.15) is 18.2 Å². The molecule has 1 N–H and O–H groups in total. The lowest BCUT2D eigenvalue weighted by molar-refractivity contribution is -0.198. The number of carbonyl (C=O) groups is 2. The highest BCUT2D eigenvalue weighted by Crippen LogP contribution is 2.46. The molecular weight excluding hydrogens is 527 g/mol. The molecule has 200 valence electrons. The van der Waals surface area contributed by atoms with Crippen LogP contribution in [-0.4, -0.2) is 45.6 Å². The highest BCUT2D eigenvalue weighted by atomic mass is 35.5. The van der Waals surface area contributed by atoms with E-state index in [-0.39, 0.29) is 6.61 Å². The van der Waals surface area contributed by atoms with Crippen LogP contribution in [0.5, 0.6) is 0 Å². The summed E-state index contributed by atoms with van der Waals surface area (Å²) in [6.45, 7) is 3.84. The van der Waals surface area contributed by atoms with Gasteiger partial charge in [-0.1, -0.05) is 60.8 Å². The van der Waals surface area contributed by atoms with E-state index < -0.39 is 42.3 Å². The Morgan fingerprint density at radius 3 is 2.13 bits per heavy atom. The lowest BCUT2D eigenvalue weighted by Gasteiger charge is -2.48. The maximum absolute atomic E-state index is 14.2. The van der Waals surface area contributed by atoms with Crippen molar-refractivity contribution in [2.75, 3.05) is 6.61 Å². The van der Waals surface area contributed by atoms with E-state index in [0.29, 0.717) is 28.5 Å². The van der Waals surface area contributed by atoms with Crippen molar-refractivity contribution >= 4 is 35.1 Å². The first-order valence-electron chi connectivity index (χ1n) is 12.6. The summed E-state index contributed by atoms with van der Waals surface area (Å²) >= 11 is 12.4. The molecule has 2 aromatic carbocycles. The SMILES string of the molecule is CCC[C@@H](C(=O)OCC)N1C(=O)[C@@H](C(O)c2ccncc2)O[C@H](c2ccc(Cl)cc2)[C@@H]1c1ccc(Cl)cc1. The van der Waals surface area contributed by atoms with Crippen LogP contribution in [0.2, 0.25) is 10.0 Å². The van der Waals surface area contributed by atoms with Crippen molar-refractivity contribution in [3.63, 3.8) is 0 Å². The molecule has 0 bridgehead atoms. The van der Waals surface area contributed by atoms with Crippen molar-refractivity contribution in [1.82, 2.24) is 9.88 Å². The van der Waals surface area contributed by atoms with Crippen molar-refractivity contribution in [2.24, 2.45) is 0 Å². The van der Waals surface area contributed by atoms with E-state index in [9.17, 15) is 14.7 Å². The zero-order chi connectivity index (χ0) is 27.2. The van der Waals surface area contributed by atoms with Gasteiger partial charge >= 0.3 is 5.97 Å². The Morgan fingerprint density at radius 2 is 1.58 bits per heavy atom. The Bertz CT molecular complexity index is 1220. The van der Waals surface area contributed by atoms with Crippen LogP contribution in [0.1, 0.15) is 61.6 Å². The number of ether oxygens (including phenoxy) is 2. The van der Waals surface area contributed by atoms with E-state index in [1.165, 1.54) is 17.3 Å². The van der Waals surface area contributed by atoms with Crippen LogP contribution in [-0.2, 0) is 19.1 Å². The zero-order valence-corrected chi connectivity index (χ0v) is 22.7. The fraction of sp³-hybridized carbons (Fsp3) is 0.345. The molecule has 0 aliphatic carbocycles. The van der Waals surface area contributed by atoms with Gasteiger partial charge in [0.2, 0.25) is 0 Å². The Labute approximate surface area is 232 Å². The van der Waals surface area contributed by atoms with Gasteiger partial charge < -0.3 is 19.5 Å². The molecule has 1 unspecified atom stereocenters. The normalized spacial score (nSPS) is 21.1. The molecule has 38 heavy (non-hydrogen) atoms. The average molecular weight is 557 g/mol. The highest BCUT2D eigenvalue weighted by Gasteiger charge is 2.50. The van der Waals surface area contributed by atoms with Crippen LogP contribution in [0.4, 0.5) is 0 Å². The summed E-state index contributed by atoms with van der Waals surface area (Å²) in [5.74, 6) is -1.01. The van der Waals surface area contributed by atoms with Crippen molar-refractivity contribution in [3.8, 4) is 0 Å². The molecule has 7 nitrogen and oxygen atoms in total. The summed E-state index contributed by atoms with van der Waals surface area (Å²) in [6, 6.07) is 15.9. The molecule has 4 rings (SSSR count). The van der Waals surface area contributed by atoms with Gasteiger partial charge in [-0.2, -0.15) is 0 Å². The highest BCUT2D eigenvalue weighted by molar-refractivity contribution is 6.30. The predicted molar refractivity (Wildman–Crippen MR) is 145 cm³/mol. The zero-order valence-electron chi connectivity index (χ0n) is 21.2. The summed E-state index contributed by atoms with van der Waals surface area (Å²) in [7, 11) is 0. The summed E-state index contributed by atoms with van der Waals surface area (Å²) in [4.78, 5) is 33.0. The Balaban J connectivity index is 1.90. The molecule has 1 fully saturated rings. The minimum Gasteiger partial charge on any atom is -0.464 e. The number of amides is 1. The number of hydrogen-bond acceptors (Lipinski definition) is 6. The van der Waals surface area contributed by atoms with Gasteiger partial charge in [0.15, 0.2) is 6.10 Å². The number of halogens is 2. The van der Waals surface area contributed by atoms with Crippen LogP contribution in [0, 0.1) is 0 Å². The van der Waals surface area contributed by atoms with Crippen LogP contribution < -0.4 is 0 Å². The molecule has 1 saturated heterocycles. The predicted octanol–water partition coefficient (Wildman–Crippen LogP) is 5.86. The lowest BCUT2D eigenvalue weighted by Crippen LogP contribution is -2.58. The van der Waals surface area contributed by atoms with Gasteiger partial charge in [0.05, 0.1) is 12.6 Å². The van der Waals surface area contributed by atoms with E-state index in [4.69, 9.17) is 32.7 Å². The molecule has 3 aromatic rings. The fourth-order valence-electron chi connectivity index (χ4n) is 4.80. The molecule has 2 heterocycles. The van der Waals surface area contributed by atoms with E-state index >= 15 is 0 Å². The number of nitrogens with zero attached hydrogens (tertiary/aromatic N) is 2. The third-order valence-corrected chi connectivity index (χ3v) is 7.08. The van der Waals surface area contributed by atoms with Gasteiger partial charge in [0, 0.05) is 22.4 Å². The number of pyridine rings is 1. The maximum atomic E-state index is 14.2. The largest absolute Gasteiger partial charge is 0.464 e. The molecule has 0 saturated carbocycles. The van der Waals surface area contributed by atoms with Gasteiger partial charge in [-0.15, -0.1) is 0 Å². The maximum Gasteiger partial charge on any atom is 0.328 e. The third kappa shape index (κ3) is 6.02. The average Bonchev–Trinajstić information content (AvgIpc) is 2.93. The molecule has 0 radical (unpaired) electrons. The van der Waals surface area contributed by atoms with Gasteiger partial charge in [0.25, 0.3) is 5.91 Å². The molecule has 1 aliphatic rings. The fourth-order valence-corrected chi connectivity index (χ4v) is 5.06. The lowest BCUT2D eigenvalue weighted by atomic mass is 9.88. The second-order valence-corrected chi connectivity index (χ2v) is 9.93. The molecule has 9 heteroatoms. The van der Waals surface area contributed by atoms with Crippen molar-refractivity contribution in [3.05, 3.63) is 99.8 Å². The first kappa shape index (κ1) is 28.0. The molecular formula is C29H30Cl2N2O5. The minimum atomic E-state index is -1.29. The van der Waals surface area contributed by atoms with Crippen molar-refractivity contribution in [2.45, 2.75) is 57.1 Å². The van der Waals surface area contributed by atoms with E-state index in [2.05, 4.69) is 4.98 Å². The van der Waals surface area contributed by atoms with E-state index in [1.54, 1.807) is 43.3 Å². The number of carbonyl (C=O) groups excluding carboxylic acids is 2. The molecule has 5 atom stereocenters. The summed E-state index contributed by atoms with van der Waals surface area (Å²) < 4.78 is 11.9. The summed E-state index contributed by atoms with van der Waals surface area (Å²) in [5, 5.41) is 12.4. The molecule has 1 amide bonds. The van der Waals surface area contributed by atoms with Crippen LogP contribution >= 0.6 is 23.2 Å². The second kappa shape index (κ2) is 12.7. The van der Waals surface area contributed by atoms with Crippen LogP contribution in [0.15, 0.2) is 73.1 Å². The number of aliphatic hydroxyl groups is 1. The van der Waals surface area contributed by atoms with Gasteiger partial charge in [-0.3, -0.25) is 9.78 Å². The first-order valence-corrected chi connectivity index (χ1v) is 13.3. The van der Waals surface area contributed by atoms with Gasteiger partial charge in [-0.05, 0) is 66.4 Å². The molecule has 1 aromatic heterocycles. The van der Waals surface area contributed by atoms with Gasteiger partial charge in [-0.25, -0.2) is 4.79 Å². The summed E-state index contributed by atoms with van der Waals surface area (Å²) in [5.41, 5.74) is 1.93. The Hall–Kier alpha value is -2.97. The second-order valence-electron chi connectivity index (χ2n) is 9.05. The number of rotatable bonds is 9. The number of aromatic nitrogens is 1. The number of benzene rings is 2. The third-order valence-electron chi connectivity index (χ3n) is 6.58. The number of morpholine rings is 1. The Morgan fingerprint density at radius 1 is 1.00 bits per heavy atom. The molecule has 1 aliphatic heterocycles. The standard InChI is InChI=1S/C29H30Cl2N2O5/c1-3-5-23(29(36)37-4-2)33-24(18-6-10-21(30)11-7-18)26(20-8-12-22(31)13-9-20)38-27(28(33)35)25(34)19-14-16-32-17-15-19/h6-17,23-27,34H,3-5H2,1-2H3/t23-,24-,25?,26+,27+/m0/s1. The quantitative estimate of drug-likeness (QED) is 0.332. The van der Waals surface area contributed by atoms with Crippen molar-refractivity contribution < 1.29 is 24.2 Å². The van der Waals surface area contributed by atoms with Crippen LogP contribution in [0.25, 0.3) is 0 Å². The smallest absolute Gasteiger partial charge is 0.328 e. The summed E-state index contributed by atoms with van der Waals surface area (Å²) in [6.07, 6.45) is 0.769. The van der Waals surface area contributed by atoms with Crippen molar-refractivity contribution in [1.29, 1.82) is 0 Å². The topological polar surface area (TPSA) is 89.0 Å². The monoisotopic (exact) mass is 556 g/mol. The number of aliphatic hydroxyl groups excluding tert-OH is 1. The van der Waals surface area contributed by atoms with E-state index in [0.717, 1.165) is 11.1 Å². The minimum absolute atomic E-state index is 0.173. The number of esters is 1. The Kier molecular flexibility index (Phi) is 9.39. The first-order chi connectivity index (χ1) is 18.3. The number of hydrogen-bond donors (Lipinski definition) is 1. The van der Waals surface area contributed by atoms with E-state index in [1.807, 2.05) is 31.2 Å².